The zero-order valence-corrected chi connectivity index (χ0v) is 12.3. The van der Waals surface area contributed by atoms with Crippen molar-refractivity contribution in [2.45, 2.75) is 45.8 Å². The van der Waals surface area contributed by atoms with E-state index in [-0.39, 0.29) is 0 Å². The molecule has 1 amide bonds. The van der Waals surface area contributed by atoms with E-state index < -0.39 is 23.6 Å². The van der Waals surface area contributed by atoms with Gasteiger partial charge >= 0.3 is 12.1 Å². The van der Waals surface area contributed by atoms with E-state index in [4.69, 9.17) is 9.84 Å². The molecule has 1 unspecified atom stereocenters. The van der Waals surface area contributed by atoms with Gasteiger partial charge in [-0.1, -0.05) is 24.3 Å². The number of carboxylic acids is 1. The summed E-state index contributed by atoms with van der Waals surface area (Å²) in [5.74, 6) is -1.40. The number of ether oxygens (including phenoxy) is 1. The molecule has 0 aromatic heterocycles. The molecule has 0 aliphatic heterocycles. The molecule has 0 bridgehead atoms. The second kappa shape index (κ2) is 6.41. The Morgan fingerprint density at radius 1 is 1.25 bits per heavy atom. The number of nitrogens with one attached hydrogen (secondary N) is 1. The van der Waals surface area contributed by atoms with Crippen molar-refractivity contribution in [3.8, 4) is 0 Å². The third kappa shape index (κ3) is 5.30. The van der Waals surface area contributed by atoms with Gasteiger partial charge < -0.3 is 15.2 Å². The van der Waals surface area contributed by atoms with Gasteiger partial charge in [-0.15, -0.1) is 0 Å². The second-order valence-corrected chi connectivity index (χ2v) is 5.66. The van der Waals surface area contributed by atoms with Gasteiger partial charge in [0.2, 0.25) is 0 Å². The zero-order chi connectivity index (χ0) is 15.3. The quantitative estimate of drug-likeness (QED) is 0.888. The number of amides is 1. The van der Waals surface area contributed by atoms with Gasteiger partial charge in [-0.2, -0.15) is 0 Å². The summed E-state index contributed by atoms with van der Waals surface area (Å²) in [7, 11) is 0. The van der Waals surface area contributed by atoms with Crippen LogP contribution in [-0.2, 0) is 16.1 Å². The largest absolute Gasteiger partial charge is 0.481 e. The number of benzene rings is 1. The summed E-state index contributed by atoms with van der Waals surface area (Å²) in [5, 5.41) is 11.6. The molecule has 20 heavy (non-hydrogen) atoms. The van der Waals surface area contributed by atoms with Gasteiger partial charge in [-0.25, -0.2) is 4.79 Å². The van der Waals surface area contributed by atoms with Crippen molar-refractivity contribution in [1.29, 1.82) is 0 Å². The molecular formula is C15H21NO4. The van der Waals surface area contributed by atoms with Gasteiger partial charge in [0.05, 0.1) is 5.92 Å². The van der Waals surface area contributed by atoms with Crippen LogP contribution in [0.3, 0.4) is 0 Å². The molecule has 5 nitrogen and oxygen atoms in total. The van der Waals surface area contributed by atoms with E-state index in [1.165, 1.54) is 0 Å². The van der Waals surface area contributed by atoms with Crippen molar-refractivity contribution in [3.63, 3.8) is 0 Å². The van der Waals surface area contributed by atoms with E-state index in [0.29, 0.717) is 6.54 Å². The van der Waals surface area contributed by atoms with Gasteiger partial charge in [-0.05, 0) is 38.8 Å². The molecular weight excluding hydrogens is 258 g/mol. The minimum Gasteiger partial charge on any atom is -0.481 e. The number of carbonyl (C=O) groups is 2. The monoisotopic (exact) mass is 279 g/mol. The predicted molar refractivity (Wildman–Crippen MR) is 75.6 cm³/mol. The molecule has 0 radical (unpaired) electrons. The van der Waals surface area contributed by atoms with Crippen molar-refractivity contribution in [3.05, 3.63) is 35.4 Å². The zero-order valence-electron chi connectivity index (χ0n) is 12.3. The van der Waals surface area contributed by atoms with Crippen LogP contribution >= 0.6 is 0 Å². The first-order chi connectivity index (χ1) is 9.19. The van der Waals surface area contributed by atoms with Gasteiger partial charge in [0, 0.05) is 6.54 Å². The molecule has 1 aromatic rings. The van der Waals surface area contributed by atoms with Crippen molar-refractivity contribution in [2.75, 3.05) is 0 Å². The van der Waals surface area contributed by atoms with E-state index in [1.807, 2.05) is 0 Å². The topological polar surface area (TPSA) is 75.6 Å². The van der Waals surface area contributed by atoms with Crippen LogP contribution < -0.4 is 5.32 Å². The molecule has 0 heterocycles. The Kier molecular flexibility index (Phi) is 5.13. The number of carbonyl (C=O) groups excluding carboxylic acids is 1. The molecule has 5 heteroatoms. The highest BCUT2D eigenvalue weighted by Crippen LogP contribution is 2.16. The van der Waals surface area contributed by atoms with Crippen LogP contribution in [0.2, 0.25) is 0 Å². The lowest BCUT2D eigenvalue weighted by molar-refractivity contribution is -0.138. The van der Waals surface area contributed by atoms with Crippen LogP contribution in [0.1, 0.15) is 44.7 Å². The fraction of sp³-hybridized carbons (Fsp3) is 0.467. The molecule has 0 aliphatic carbocycles. The first kappa shape index (κ1) is 16.0. The van der Waals surface area contributed by atoms with Gasteiger partial charge in [0.15, 0.2) is 0 Å². The standard InChI is InChI=1S/C15H21NO4/c1-10(13(17)18)12-7-5-11(6-8-12)9-16-14(19)20-15(2,3)4/h5-8,10H,9H2,1-4H3,(H,16,19)(H,17,18). The summed E-state index contributed by atoms with van der Waals surface area (Å²) >= 11 is 0. The lowest BCUT2D eigenvalue weighted by Gasteiger charge is -2.19. The van der Waals surface area contributed by atoms with Crippen LogP contribution in [0.25, 0.3) is 0 Å². The van der Waals surface area contributed by atoms with E-state index in [9.17, 15) is 9.59 Å². The highest BCUT2D eigenvalue weighted by Gasteiger charge is 2.16. The lowest BCUT2D eigenvalue weighted by atomic mass is 10.0. The predicted octanol–water partition coefficient (Wildman–Crippen LogP) is 2.90. The Morgan fingerprint density at radius 3 is 2.25 bits per heavy atom. The van der Waals surface area contributed by atoms with E-state index >= 15 is 0 Å². The second-order valence-electron chi connectivity index (χ2n) is 5.66. The number of alkyl carbamates (subject to hydrolysis) is 1. The Labute approximate surface area is 118 Å². The molecule has 0 saturated heterocycles. The average Bonchev–Trinajstić information content (AvgIpc) is 2.34. The first-order valence-corrected chi connectivity index (χ1v) is 6.47. The fourth-order valence-electron chi connectivity index (χ4n) is 1.56. The van der Waals surface area contributed by atoms with Gasteiger partial charge in [0.1, 0.15) is 5.60 Å². The molecule has 1 atom stereocenters. The highest BCUT2D eigenvalue weighted by atomic mass is 16.6. The van der Waals surface area contributed by atoms with Crippen molar-refractivity contribution >= 4 is 12.1 Å². The van der Waals surface area contributed by atoms with Crippen LogP contribution in [0.5, 0.6) is 0 Å². The normalized spacial score (nSPS) is 12.6. The number of hydrogen-bond donors (Lipinski definition) is 2. The third-order valence-corrected chi connectivity index (χ3v) is 2.69. The van der Waals surface area contributed by atoms with Crippen molar-refractivity contribution in [1.82, 2.24) is 5.32 Å². The Balaban J connectivity index is 2.54. The highest BCUT2D eigenvalue weighted by molar-refractivity contribution is 5.75. The van der Waals surface area contributed by atoms with Crippen LogP contribution in [-0.4, -0.2) is 22.8 Å². The van der Waals surface area contributed by atoms with E-state index in [0.717, 1.165) is 11.1 Å². The molecule has 0 spiro atoms. The molecule has 0 saturated carbocycles. The van der Waals surface area contributed by atoms with E-state index in [2.05, 4.69) is 5.32 Å². The Bertz CT molecular complexity index is 474. The Morgan fingerprint density at radius 2 is 1.80 bits per heavy atom. The number of carboxylic acid groups (broad SMARTS) is 1. The molecule has 110 valence electrons. The van der Waals surface area contributed by atoms with Crippen LogP contribution in [0.15, 0.2) is 24.3 Å². The van der Waals surface area contributed by atoms with Crippen LogP contribution in [0.4, 0.5) is 4.79 Å². The number of aliphatic carboxylic acids is 1. The lowest BCUT2D eigenvalue weighted by Crippen LogP contribution is -2.32. The summed E-state index contributed by atoms with van der Waals surface area (Å²) in [5.41, 5.74) is 1.10. The maximum absolute atomic E-state index is 11.5. The summed E-state index contributed by atoms with van der Waals surface area (Å²) in [6.07, 6.45) is -0.472. The maximum Gasteiger partial charge on any atom is 0.407 e. The molecule has 1 aromatic carbocycles. The van der Waals surface area contributed by atoms with Crippen molar-refractivity contribution < 1.29 is 19.4 Å². The smallest absolute Gasteiger partial charge is 0.407 e. The molecule has 0 fully saturated rings. The first-order valence-electron chi connectivity index (χ1n) is 6.47. The summed E-state index contributed by atoms with van der Waals surface area (Å²) in [4.78, 5) is 22.3. The molecule has 0 aliphatic rings. The number of hydrogen-bond acceptors (Lipinski definition) is 3. The minimum absolute atomic E-state index is 0.344. The molecule has 1 rings (SSSR count). The third-order valence-electron chi connectivity index (χ3n) is 2.69. The van der Waals surface area contributed by atoms with Crippen LogP contribution in [0, 0.1) is 0 Å². The van der Waals surface area contributed by atoms with Gasteiger partial charge in [-0.3, -0.25) is 4.79 Å². The summed E-state index contributed by atoms with van der Waals surface area (Å²) in [6, 6.07) is 7.11. The van der Waals surface area contributed by atoms with E-state index in [1.54, 1.807) is 52.0 Å². The maximum atomic E-state index is 11.5. The summed E-state index contributed by atoms with van der Waals surface area (Å²) < 4.78 is 5.13. The summed E-state index contributed by atoms with van der Waals surface area (Å²) in [6.45, 7) is 7.38. The number of rotatable bonds is 4. The molecule has 2 N–H and O–H groups in total. The minimum atomic E-state index is -0.857. The average molecular weight is 279 g/mol. The SMILES string of the molecule is CC(C(=O)O)c1ccc(CNC(=O)OC(C)(C)C)cc1. The fourth-order valence-corrected chi connectivity index (χ4v) is 1.56. The Hall–Kier alpha value is -2.04. The van der Waals surface area contributed by atoms with Crippen molar-refractivity contribution in [2.24, 2.45) is 0 Å². The van der Waals surface area contributed by atoms with Gasteiger partial charge in [0.25, 0.3) is 0 Å².